The van der Waals surface area contributed by atoms with Gasteiger partial charge in [-0.15, -0.1) is 0 Å². The van der Waals surface area contributed by atoms with Crippen LogP contribution in [0.5, 0.6) is 0 Å². The van der Waals surface area contributed by atoms with Crippen molar-refractivity contribution in [2.75, 3.05) is 0 Å². The predicted molar refractivity (Wildman–Crippen MR) is 102 cm³/mol. The van der Waals surface area contributed by atoms with E-state index in [4.69, 9.17) is 0 Å². The monoisotopic (exact) mass is 350 g/mol. The number of hydrogen-bond acceptors (Lipinski definition) is 3. The molecule has 3 aromatic rings. The maximum Gasteiger partial charge on any atom is 0.272 e. The zero-order chi connectivity index (χ0) is 18.7. The molecular formula is C20H22N4O2. The molecule has 0 fully saturated rings. The number of nitrogens with zero attached hydrogens (tertiary/aromatic N) is 1. The van der Waals surface area contributed by atoms with Gasteiger partial charge in [0.05, 0.1) is 12.0 Å². The van der Waals surface area contributed by atoms with Crippen molar-refractivity contribution < 1.29 is 0 Å². The van der Waals surface area contributed by atoms with Crippen molar-refractivity contribution in [2.24, 2.45) is 5.41 Å². The van der Waals surface area contributed by atoms with Crippen molar-refractivity contribution in [3.05, 3.63) is 85.0 Å². The minimum atomic E-state index is -0.364. The second-order valence-corrected chi connectivity index (χ2v) is 7.44. The fourth-order valence-electron chi connectivity index (χ4n) is 2.68. The third-order valence-corrected chi connectivity index (χ3v) is 3.84. The summed E-state index contributed by atoms with van der Waals surface area (Å²) in [6.07, 6.45) is 5.62. The van der Waals surface area contributed by atoms with Crippen molar-refractivity contribution in [2.45, 2.75) is 27.2 Å². The Hall–Kier alpha value is -3.15. The second-order valence-electron chi connectivity index (χ2n) is 7.44. The summed E-state index contributed by atoms with van der Waals surface area (Å²) in [6, 6.07) is 9.35. The van der Waals surface area contributed by atoms with Crippen molar-refractivity contribution in [1.82, 2.24) is 19.9 Å². The quantitative estimate of drug-likeness (QED) is 0.658. The number of rotatable bonds is 3. The lowest BCUT2D eigenvalue weighted by atomic mass is 9.90. The Balaban J connectivity index is 2.07. The van der Waals surface area contributed by atoms with E-state index in [1.165, 1.54) is 0 Å². The van der Waals surface area contributed by atoms with Crippen LogP contribution in [0.4, 0.5) is 0 Å². The van der Waals surface area contributed by atoms with Gasteiger partial charge < -0.3 is 15.0 Å². The van der Waals surface area contributed by atoms with Gasteiger partial charge in [0.1, 0.15) is 10.7 Å². The summed E-state index contributed by atoms with van der Waals surface area (Å²) in [6.45, 7) is 6.38. The Morgan fingerprint density at radius 2 is 1.58 bits per heavy atom. The van der Waals surface area contributed by atoms with Crippen molar-refractivity contribution in [3.63, 3.8) is 0 Å². The molecule has 134 valence electrons. The summed E-state index contributed by atoms with van der Waals surface area (Å²) in [7, 11) is 0. The molecule has 3 rings (SSSR count). The Kier molecular flexibility index (Phi) is 4.75. The average molecular weight is 350 g/mol. The molecule has 2 aromatic heterocycles. The maximum absolute atomic E-state index is 12.4. The molecule has 2 heterocycles. The minimum absolute atomic E-state index is 0.0729. The van der Waals surface area contributed by atoms with Crippen molar-refractivity contribution in [1.29, 1.82) is 0 Å². The molecule has 0 aliphatic carbocycles. The van der Waals surface area contributed by atoms with Crippen LogP contribution in [-0.4, -0.2) is 19.9 Å². The highest BCUT2D eigenvalue weighted by Crippen LogP contribution is 2.21. The lowest BCUT2D eigenvalue weighted by molar-refractivity contribution is 0.406. The number of imidazole rings is 1. The molecule has 0 spiro atoms. The second kappa shape index (κ2) is 7.00. The van der Waals surface area contributed by atoms with E-state index in [9.17, 15) is 9.59 Å². The molecule has 26 heavy (non-hydrogen) atoms. The van der Waals surface area contributed by atoms with Gasteiger partial charge in [0.25, 0.3) is 11.1 Å². The van der Waals surface area contributed by atoms with Crippen LogP contribution in [0.1, 0.15) is 37.7 Å². The number of benzene rings is 1. The van der Waals surface area contributed by atoms with E-state index in [1.54, 1.807) is 18.5 Å². The van der Waals surface area contributed by atoms with Gasteiger partial charge in [0, 0.05) is 5.69 Å². The van der Waals surface area contributed by atoms with Gasteiger partial charge in [-0.1, -0.05) is 51.1 Å². The van der Waals surface area contributed by atoms with Crippen LogP contribution in [0.25, 0.3) is 12.2 Å². The summed E-state index contributed by atoms with van der Waals surface area (Å²) in [5.41, 5.74) is 1.77. The molecule has 6 nitrogen and oxygen atoms in total. The summed E-state index contributed by atoms with van der Waals surface area (Å²) >= 11 is 0. The van der Waals surface area contributed by atoms with Crippen LogP contribution < -0.4 is 21.8 Å². The normalized spacial score (nSPS) is 13.3. The highest BCUT2D eigenvalue weighted by atomic mass is 16.1. The predicted octanol–water partition coefficient (Wildman–Crippen LogP) is 1.03. The molecule has 0 atom stereocenters. The summed E-state index contributed by atoms with van der Waals surface area (Å²) in [4.78, 5) is 37.4. The first-order valence-corrected chi connectivity index (χ1v) is 8.45. The highest BCUT2D eigenvalue weighted by molar-refractivity contribution is 5.48. The molecule has 0 radical (unpaired) electrons. The third-order valence-electron chi connectivity index (χ3n) is 3.84. The van der Waals surface area contributed by atoms with Crippen LogP contribution in [-0.2, 0) is 6.42 Å². The molecule has 0 aliphatic rings. The fourth-order valence-corrected chi connectivity index (χ4v) is 2.68. The van der Waals surface area contributed by atoms with E-state index in [0.717, 1.165) is 17.7 Å². The molecular weight excluding hydrogens is 328 g/mol. The zero-order valence-electron chi connectivity index (χ0n) is 15.1. The van der Waals surface area contributed by atoms with Gasteiger partial charge in [0.2, 0.25) is 0 Å². The first-order chi connectivity index (χ1) is 12.3. The van der Waals surface area contributed by atoms with Crippen LogP contribution >= 0.6 is 0 Å². The summed E-state index contributed by atoms with van der Waals surface area (Å²) in [5, 5.41) is 0.401. The van der Waals surface area contributed by atoms with Crippen molar-refractivity contribution in [3.8, 4) is 0 Å². The maximum atomic E-state index is 12.4. The van der Waals surface area contributed by atoms with E-state index >= 15 is 0 Å². The van der Waals surface area contributed by atoms with Gasteiger partial charge in [-0.2, -0.15) is 0 Å². The number of nitrogens with one attached hydrogen (secondary N) is 3. The highest BCUT2D eigenvalue weighted by Gasteiger charge is 2.15. The lowest BCUT2D eigenvalue weighted by Crippen LogP contribution is -2.46. The number of H-pyrrole nitrogens is 3. The molecule has 0 saturated carbocycles. The van der Waals surface area contributed by atoms with Gasteiger partial charge in [-0.25, -0.2) is 4.98 Å². The minimum Gasteiger partial charge on any atom is -0.348 e. The van der Waals surface area contributed by atoms with Crippen LogP contribution in [0, 0.1) is 5.41 Å². The van der Waals surface area contributed by atoms with Gasteiger partial charge >= 0.3 is 0 Å². The lowest BCUT2D eigenvalue weighted by Gasteiger charge is -2.16. The fraction of sp³-hybridized carbons (Fsp3) is 0.250. The molecule has 0 unspecified atom stereocenters. The Morgan fingerprint density at radius 3 is 2.19 bits per heavy atom. The Morgan fingerprint density at radius 1 is 0.962 bits per heavy atom. The van der Waals surface area contributed by atoms with Gasteiger partial charge in [0.15, 0.2) is 0 Å². The largest absolute Gasteiger partial charge is 0.348 e. The molecule has 6 heteroatoms. The van der Waals surface area contributed by atoms with Crippen LogP contribution in [0.15, 0.2) is 46.2 Å². The zero-order valence-corrected chi connectivity index (χ0v) is 15.1. The Labute approximate surface area is 150 Å². The molecule has 0 saturated heterocycles. The SMILES string of the molecule is CC(C)(C)Cc1[nH]cnc1/C=c1\[nH]c(=O)/c(=C/c2ccccc2)[nH]c1=O. The first-order valence-electron chi connectivity index (χ1n) is 8.45. The van der Waals surface area contributed by atoms with E-state index < -0.39 is 0 Å². The molecule has 0 amide bonds. The standard InChI is InChI=1S/C20H22N4O2/c1-20(2,3)11-17-14(21-12-22-17)10-16-19(26)23-15(18(25)24-16)9-13-7-5-4-6-8-13/h4-10,12H,11H2,1-3H3,(H,21,22)(H,23,26)(H,24,25)/b15-9-,16-10-. The first kappa shape index (κ1) is 17.7. The molecule has 3 N–H and O–H groups in total. The van der Waals surface area contributed by atoms with E-state index in [2.05, 4.69) is 40.7 Å². The summed E-state index contributed by atoms with van der Waals surface area (Å²) in [5.74, 6) is 0. The third kappa shape index (κ3) is 4.27. The number of aromatic amines is 3. The van der Waals surface area contributed by atoms with Gasteiger partial charge in [-0.05, 0) is 29.6 Å². The van der Waals surface area contributed by atoms with Gasteiger partial charge in [-0.3, -0.25) is 9.59 Å². The summed E-state index contributed by atoms with van der Waals surface area (Å²) < 4.78 is 0. The van der Waals surface area contributed by atoms with Crippen LogP contribution in [0.2, 0.25) is 0 Å². The topological polar surface area (TPSA) is 94.4 Å². The smallest absolute Gasteiger partial charge is 0.272 e. The van der Waals surface area contributed by atoms with Crippen LogP contribution in [0.3, 0.4) is 0 Å². The molecule has 0 bridgehead atoms. The number of hydrogen-bond donors (Lipinski definition) is 3. The van der Waals surface area contributed by atoms with Crippen molar-refractivity contribution >= 4 is 12.2 Å². The van der Waals surface area contributed by atoms with E-state index in [0.29, 0.717) is 5.69 Å². The Bertz CT molecular complexity index is 1130. The average Bonchev–Trinajstić information content (AvgIpc) is 2.98. The van der Waals surface area contributed by atoms with E-state index in [1.807, 2.05) is 30.3 Å². The molecule has 1 aromatic carbocycles. The molecule has 0 aliphatic heterocycles. The van der Waals surface area contributed by atoms with E-state index in [-0.39, 0.29) is 27.2 Å². The number of aromatic nitrogens is 4.